The number of para-hydroxylation sites is 4. The van der Waals surface area contributed by atoms with Gasteiger partial charge in [0, 0.05) is 54.0 Å². The Morgan fingerprint density at radius 1 is 0.446 bits per heavy atom. The van der Waals surface area contributed by atoms with E-state index >= 15 is 0 Å². The summed E-state index contributed by atoms with van der Waals surface area (Å²) in [5, 5.41) is 8.50. The Labute approximate surface area is 327 Å². The predicted molar refractivity (Wildman–Crippen MR) is 237 cm³/mol. The molecule has 12 rings (SSSR count). The standard InChI is InChI=1S/C52H34N2OS/c1-3-15-33(16-4-1)49-50(34-17-5-2-6-18-34)52(54-45-25-13-9-21-39(45)40-22-10-14-26-46(40)54)56-51(49)35-27-29-41-42-32-36(28-30-47(42)55-48(41)31-35)53-43-23-11-7-19-37(43)38-20-8-12-24-44(38)53/h2-3,5-32H,1,4H2. The van der Waals surface area contributed by atoms with Crippen molar-refractivity contribution in [3.8, 4) is 32.3 Å². The van der Waals surface area contributed by atoms with Gasteiger partial charge in [-0.1, -0.05) is 127 Å². The highest BCUT2D eigenvalue weighted by Gasteiger charge is 2.27. The molecule has 0 amide bonds. The highest BCUT2D eigenvalue weighted by molar-refractivity contribution is 7.19. The van der Waals surface area contributed by atoms with Gasteiger partial charge in [-0.25, -0.2) is 0 Å². The maximum absolute atomic E-state index is 6.72. The van der Waals surface area contributed by atoms with Gasteiger partial charge in [0.25, 0.3) is 0 Å². The highest BCUT2D eigenvalue weighted by Crippen LogP contribution is 2.51. The Kier molecular flexibility index (Phi) is 6.92. The normalized spacial score (nSPS) is 13.2. The Bertz CT molecular complexity index is 3310. The van der Waals surface area contributed by atoms with Crippen LogP contribution in [-0.4, -0.2) is 9.13 Å². The average Bonchev–Trinajstić information content (AvgIpc) is 4.01. The number of aromatic nitrogens is 2. The summed E-state index contributed by atoms with van der Waals surface area (Å²) in [4.78, 5) is 1.24. The van der Waals surface area contributed by atoms with Crippen molar-refractivity contribution in [2.45, 2.75) is 12.8 Å². The Morgan fingerprint density at radius 2 is 1.05 bits per heavy atom. The number of thiophene rings is 1. The molecule has 7 aromatic carbocycles. The quantitative estimate of drug-likeness (QED) is 0.173. The van der Waals surface area contributed by atoms with Crippen molar-refractivity contribution < 1.29 is 4.42 Å². The molecule has 0 bridgehead atoms. The van der Waals surface area contributed by atoms with E-state index < -0.39 is 0 Å². The zero-order valence-electron chi connectivity index (χ0n) is 30.4. The van der Waals surface area contributed by atoms with Crippen LogP contribution in [0.5, 0.6) is 0 Å². The zero-order valence-corrected chi connectivity index (χ0v) is 31.3. The molecule has 0 spiro atoms. The fraction of sp³-hybridized carbons (Fsp3) is 0.0385. The van der Waals surface area contributed by atoms with Crippen LogP contribution in [0.1, 0.15) is 18.4 Å². The van der Waals surface area contributed by atoms with Gasteiger partial charge in [-0.05, 0) is 84.1 Å². The fourth-order valence-corrected chi connectivity index (χ4v) is 10.5. The van der Waals surface area contributed by atoms with Gasteiger partial charge in [-0.2, -0.15) is 0 Å². The third-order valence-electron chi connectivity index (χ3n) is 11.6. The van der Waals surface area contributed by atoms with E-state index in [-0.39, 0.29) is 0 Å². The van der Waals surface area contributed by atoms with Gasteiger partial charge in [-0.3, -0.25) is 0 Å². The van der Waals surface area contributed by atoms with Crippen LogP contribution in [0.2, 0.25) is 0 Å². The van der Waals surface area contributed by atoms with E-state index in [4.69, 9.17) is 4.42 Å². The molecular formula is C52H34N2OS. The molecule has 4 aromatic heterocycles. The van der Waals surface area contributed by atoms with Gasteiger partial charge < -0.3 is 13.6 Å². The summed E-state index contributed by atoms with van der Waals surface area (Å²) >= 11 is 1.88. The first-order valence-corrected chi connectivity index (χ1v) is 20.1. The van der Waals surface area contributed by atoms with Crippen molar-refractivity contribution in [2.24, 2.45) is 0 Å². The van der Waals surface area contributed by atoms with Crippen molar-refractivity contribution in [1.29, 1.82) is 0 Å². The van der Waals surface area contributed by atoms with E-state index in [0.717, 1.165) is 46.0 Å². The second-order valence-corrected chi connectivity index (χ2v) is 15.7. The van der Waals surface area contributed by atoms with Gasteiger partial charge in [-0.15, -0.1) is 11.3 Å². The molecule has 4 heteroatoms. The first kappa shape index (κ1) is 31.5. The molecule has 0 N–H and O–H groups in total. The van der Waals surface area contributed by atoms with Gasteiger partial charge in [0.15, 0.2) is 0 Å². The second kappa shape index (κ2) is 12.3. The molecule has 4 heterocycles. The third-order valence-corrected chi connectivity index (χ3v) is 12.8. The van der Waals surface area contributed by atoms with Crippen LogP contribution < -0.4 is 0 Å². The smallest absolute Gasteiger partial charge is 0.136 e. The molecule has 1 aliphatic carbocycles. The van der Waals surface area contributed by atoms with Crippen molar-refractivity contribution in [3.63, 3.8) is 0 Å². The molecule has 56 heavy (non-hydrogen) atoms. The summed E-state index contributed by atoms with van der Waals surface area (Å²) < 4.78 is 11.6. The number of nitrogens with zero attached hydrogens (tertiary/aromatic N) is 2. The van der Waals surface area contributed by atoms with Gasteiger partial charge >= 0.3 is 0 Å². The number of hydrogen-bond acceptors (Lipinski definition) is 2. The van der Waals surface area contributed by atoms with Crippen molar-refractivity contribution in [1.82, 2.24) is 9.13 Å². The van der Waals surface area contributed by atoms with Crippen molar-refractivity contribution in [3.05, 3.63) is 188 Å². The largest absolute Gasteiger partial charge is 0.456 e. The molecule has 1 aliphatic rings. The lowest BCUT2D eigenvalue weighted by Crippen LogP contribution is -1.96. The molecule has 3 nitrogen and oxygen atoms in total. The lowest BCUT2D eigenvalue weighted by Gasteiger charge is -2.14. The number of allylic oxidation sites excluding steroid dienone is 4. The monoisotopic (exact) mass is 734 g/mol. The minimum Gasteiger partial charge on any atom is -0.456 e. The minimum atomic E-state index is 0.891. The lowest BCUT2D eigenvalue weighted by molar-refractivity contribution is 0.669. The summed E-state index contributed by atoms with van der Waals surface area (Å²) in [5.41, 5.74) is 13.9. The Hall–Kier alpha value is -6.88. The number of fused-ring (bicyclic) bond motifs is 9. The minimum absolute atomic E-state index is 0.891. The molecule has 0 radical (unpaired) electrons. The van der Waals surface area contributed by atoms with Crippen LogP contribution in [0, 0.1) is 0 Å². The Morgan fingerprint density at radius 3 is 1.68 bits per heavy atom. The van der Waals surface area contributed by atoms with Gasteiger partial charge in [0.2, 0.25) is 0 Å². The molecule has 0 unspecified atom stereocenters. The maximum atomic E-state index is 6.72. The predicted octanol–water partition coefficient (Wildman–Crippen LogP) is 14.9. The van der Waals surface area contributed by atoms with E-state index in [9.17, 15) is 0 Å². The van der Waals surface area contributed by atoms with Crippen molar-refractivity contribution in [2.75, 3.05) is 0 Å². The molecule has 0 saturated carbocycles. The zero-order chi connectivity index (χ0) is 36.7. The van der Waals surface area contributed by atoms with E-state index in [0.29, 0.717) is 0 Å². The molecular weight excluding hydrogens is 701 g/mol. The summed E-state index contributed by atoms with van der Waals surface area (Å²) in [6.07, 6.45) is 9.15. The highest BCUT2D eigenvalue weighted by atomic mass is 32.1. The summed E-state index contributed by atoms with van der Waals surface area (Å²) in [5.74, 6) is 0. The SMILES string of the molecule is C1=CC(c2c(-c3ccc4c(c3)oc3ccc(-n5c6ccccc6c6ccccc65)cc34)sc(-n3c4ccccc4c4ccccc43)c2-c2ccccc2)=CCC1. The second-order valence-electron chi connectivity index (χ2n) is 14.7. The summed E-state index contributed by atoms with van der Waals surface area (Å²) in [6, 6.07) is 59.4. The Balaban J connectivity index is 1.10. The van der Waals surface area contributed by atoms with Gasteiger partial charge in [0.1, 0.15) is 16.2 Å². The number of benzene rings is 7. The molecule has 0 aliphatic heterocycles. The van der Waals surface area contributed by atoms with Crippen LogP contribution in [-0.2, 0) is 0 Å². The van der Waals surface area contributed by atoms with Crippen LogP contribution in [0.3, 0.4) is 0 Å². The fourth-order valence-electron chi connectivity index (χ4n) is 9.11. The third kappa shape index (κ3) is 4.63. The number of furan rings is 1. The van der Waals surface area contributed by atoms with Crippen LogP contribution in [0.4, 0.5) is 0 Å². The summed E-state index contributed by atoms with van der Waals surface area (Å²) in [6.45, 7) is 0. The molecule has 11 aromatic rings. The van der Waals surface area contributed by atoms with Gasteiger partial charge in [0.05, 0.1) is 22.1 Å². The van der Waals surface area contributed by atoms with Crippen LogP contribution in [0.15, 0.2) is 186 Å². The molecule has 0 saturated heterocycles. The van der Waals surface area contributed by atoms with E-state index in [1.165, 1.54) is 75.8 Å². The van der Waals surface area contributed by atoms with Crippen LogP contribution >= 0.6 is 11.3 Å². The molecule has 0 atom stereocenters. The van der Waals surface area contributed by atoms with Crippen LogP contribution in [0.25, 0.3) is 103 Å². The van der Waals surface area contributed by atoms with E-state index in [1.54, 1.807) is 0 Å². The maximum Gasteiger partial charge on any atom is 0.136 e. The average molecular weight is 735 g/mol. The van der Waals surface area contributed by atoms with Crippen molar-refractivity contribution >= 4 is 82.5 Å². The number of rotatable bonds is 5. The molecule has 0 fully saturated rings. The summed E-state index contributed by atoms with van der Waals surface area (Å²) in [7, 11) is 0. The van der Waals surface area contributed by atoms with E-state index in [1.807, 2.05) is 11.3 Å². The topological polar surface area (TPSA) is 23.0 Å². The first-order valence-electron chi connectivity index (χ1n) is 19.3. The molecule has 264 valence electrons. The number of hydrogen-bond donors (Lipinski definition) is 0. The van der Waals surface area contributed by atoms with E-state index in [2.05, 4.69) is 191 Å². The first-order chi connectivity index (χ1) is 27.8. The lowest BCUT2D eigenvalue weighted by atomic mass is 9.91.